The fourth-order valence-corrected chi connectivity index (χ4v) is 2.28. The van der Waals surface area contributed by atoms with Crippen molar-refractivity contribution < 1.29 is 23.5 Å². The molecule has 1 N–H and O–H groups in total. The van der Waals surface area contributed by atoms with Crippen LogP contribution in [0.25, 0.3) is 0 Å². The Morgan fingerprint density at radius 3 is 2.23 bits per heavy atom. The van der Waals surface area contributed by atoms with Crippen molar-refractivity contribution in [1.82, 2.24) is 9.80 Å². The molecule has 122 valence electrons. The molecule has 1 aliphatic heterocycles. The summed E-state index contributed by atoms with van der Waals surface area (Å²) in [6.45, 7) is 3.17. The lowest BCUT2D eigenvalue weighted by Gasteiger charge is -2.36. The number of amides is 1. The normalized spacial score (nSPS) is 16.8. The minimum Gasteiger partial charge on any atom is -0.480 e. The van der Waals surface area contributed by atoms with Gasteiger partial charge in [-0.15, -0.1) is 12.4 Å². The molecule has 1 aromatic rings. The third-order valence-corrected chi connectivity index (χ3v) is 3.67. The lowest BCUT2D eigenvalue weighted by Crippen LogP contribution is -2.53. The molecule has 0 spiro atoms. The summed E-state index contributed by atoms with van der Waals surface area (Å²) in [4.78, 5) is 26.4. The first-order chi connectivity index (χ1) is 9.90. The van der Waals surface area contributed by atoms with Crippen molar-refractivity contribution in [2.45, 2.75) is 13.0 Å². The molecule has 0 aliphatic carbocycles. The zero-order chi connectivity index (χ0) is 15.6. The number of benzene rings is 1. The number of carbonyl (C=O) groups excluding carboxylic acids is 1. The lowest BCUT2D eigenvalue weighted by molar-refractivity contribution is -0.143. The molecule has 1 aromatic carbocycles. The summed E-state index contributed by atoms with van der Waals surface area (Å²) in [5, 5.41) is 8.94. The number of halogens is 3. The first-order valence-electron chi connectivity index (χ1n) is 6.61. The molecule has 8 heteroatoms. The minimum absolute atomic E-state index is 0. The lowest BCUT2D eigenvalue weighted by atomic mass is 10.1. The summed E-state index contributed by atoms with van der Waals surface area (Å²) in [5.74, 6) is -3.34. The molecular formula is C14H17ClF2N2O3. The molecule has 1 atom stereocenters. The minimum atomic E-state index is -1.06. The Labute approximate surface area is 132 Å². The molecule has 1 aliphatic rings. The average Bonchev–Trinajstić information content (AvgIpc) is 2.48. The predicted octanol–water partition coefficient (Wildman–Crippen LogP) is 1.62. The highest BCUT2D eigenvalue weighted by molar-refractivity contribution is 5.94. The number of carboxylic acid groups (broad SMARTS) is 1. The van der Waals surface area contributed by atoms with E-state index in [1.165, 1.54) is 11.0 Å². The zero-order valence-corrected chi connectivity index (χ0v) is 12.8. The smallest absolute Gasteiger partial charge is 0.320 e. The number of carboxylic acids is 1. The standard InChI is InChI=1S/C14H16F2N2O3.ClH/c1-9(14(20)21)17-4-6-18(7-5-17)13(19)10-2-3-11(15)12(16)8-10;/h2-3,8-9H,4-7H2,1H3,(H,20,21);1H. The van der Waals surface area contributed by atoms with E-state index in [4.69, 9.17) is 5.11 Å². The van der Waals surface area contributed by atoms with Crippen molar-refractivity contribution in [3.05, 3.63) is 35.4 Å². The van der Waals surface area contributed by atoms with Crippen LogP contribution in [0.2, 0.25) is 0 Å². The summed E-state index contributed by atoms with van der Waals surface area (Å²) in [5.41, 5.74) is 0.0913. The fourth-order valence-electron chi connectivity index (χ4n) is 2.28. The summed E-state index contributed by atoms with van der Waals surface area (Å²) >= 11 is 0. The summed E-state index contributed by atoms with van der Waals surface area (Å²) in [7, 11) is 0. The summed E-state index contributed by atoms with van der Waals surface area (Å²) in [6, 6.07) is 2.44. The van der Waals surface area contributed by atoms with Crippen LogP contribution >= 0.6 is 12.4 Å². The highest BCUT2D eigenvalue weighted by Gasteiger charge is 2.27. The van der Waals surface area contributed by atoms with E-state index >= 15 is 0 Å². The van der Waals surface area contributed by atoms with Crippen molar-refractivity contribution >= 4 is 24.3 Å². The first-order valence-corrected chi connectivity index (χ1v) is 6.61. The van der Waals surface area contributed by atoms with E-state index < -0.39 is 23.6 Å². The van der Waals surface area contributed by atoms with Crippen LogP contribution in [0.4, 0.5) is 8.78 Å². The number of piperazine rings is 1. The second-order valence-electron chi connectivity index (χ2n) is 4.97. The Kier molecular flexibility index (Phi) is 6.25. The fraction of sp³-hybridized carbons (Fsp3) is 0.429. The van der Waals surface area contributed by atoms with E-state index in [-0.39, 0.29) is 23.9 Å². The van der Waals surface area contributed by atoms with Gasteiger partial charge in [0.25, 0.3) is 5.91 Å². The van der Waals surface area contributed by atoms with Gasteiger partial charge in [0.15, 0.2) is 11.6 Å². The number of rotatable bonds is 3. The Morgan fingerprint density at radius 1 is 1.14 bits per heavy atom. The molecule has 22 heavy (non-hydrogen) atoms. The van der Waals surface area contributed by atoms with Crippen LogP contribution in [0.15, 0.2) is 18.2 Å². The second kappa shape index (κ2) is 7.51. The van der Waals surface area contributed by atoms with E-state index in [0.717, 1.165) is 12.1 Å². The summed E-state index contributed by atoms with van der Waals surface area (Å²) in [6.07, 6.45) is 0. The van der Waals surface area contributed by atoms with Crippen LogP contribution in [-0.2, 0) is 4.79 Å². The van der Waals surface area contributed by atoms with Crippen LogP contribution in [0, 0.1) is 11.6 Å². The summed E-state index contributed by atoms with van der Waals surface area (Å²) < 4.78 is 26.0. The largest absolute Gasteiger partial charge is 0.480 e. The quantitative estimate of drug-likeness (QED) is 0.912. The van der Waals surface area contributed by atoms with E-state index in [1.807, 2.05) is 0 Å². The molecule has 1 fully saturated rings. The molecule has 0 radical (unpaired) electrons. The molecule has 1 amide bonds. The van der Waals surface area contributed by atoms with Crippen LogP contribution in [-0.4, -0.2) is 59.0 Å². The van der Waals surface area contributed by atoms with Crippen molar-refractivity contribution in [1.29, 1.82) is 0 Å². The number of hydrogen-bond acceptors (Lipinski definition) is 3. The van der Waals surface area contributed by atoms with Crippen molar-refractivity contribution in [3.63, 3.8) is 0 Å². The maximum absolute atomic E-state index is 13.1. The number of aliphatic carboxylic acids is 1. The van der Waals surface area contributed by atoms with Gasteiger partial charge in [-0.3, -0.25) is 14.5 Å². The molecule has 5 nitrogen and oxygen atoms in total. The van der Waals surface area contributed by atoms with Gasteiger partial charge in [-0.1, -0.05) is 0 Å². The highest BCUT2D eigenvalue weighted by Crippen LogP contribution is 2.14. The molecular weight excluding hydrogens is 318 g/mol. The second-order valence-corrected chi connectivity index (χ2v) is 4.97. The molecule has 0 bridgehead atoms. The Morgan fingerprint density at radius 2 is 1.73 bits per heavy atom. The van der Waals surface area contributed by atoms with Crippen molar-refractivity contribution in [2.75, 3.05) is 26.2 Å². The van der Waals surface area contributed by atoms with E-state index in [1.54, 1.807) is 11.8 Å². The zero-order valence-electron chi connectivity index (χ0n) is 12.0. The maximum Gasteiger partial charge on any atom is 0.320 e. The van der Waals surface area contributed by atoms with Gasteiger partial charge in [0.2, 0.25) is 0 Å². The van der Waals surface area contributed by atoms with Crippen LogP contribution in [0.3, 0.4) is 0 Å². The number of nitrogens with zero attached hydrogens (tertiary/aromatic N) is 2. The Bertz CT molecular complexity index is 563. The third kappa shape index (κ3) is 3.92. The maximum atomic E-state index is 13.1. The van der Waals surface area contributed by atoms with Gasteiger partial charge in [0.1, 0.15) is 6.04 Å². The topological polar surface area (TPSA) is 60.9 Å². The van der Waals surface area contributed by atoms with Crippen LogP contribution in [0.1, 0.15) is 17.3 Å². The van der Waals surface area contributed by atoms with Gasteiger partial charge < -0.3 is 10.0 Å². The van der Waals surface area contributed by atoms with E-state index in [2.05, 4.69) is 0 Å². The van der Waals surface area contributed by atoms with Gasteiger partial charge in [-0.25, -0.2) is 8.78 Å². The first kappa shape index (κ1) is 18.3. The van der Waals surface area contributed by atoms with Crippen LogP contribution in [0.5, 0.6) is 0 Å². The molecule has 1 unspecified atom stereocenters. The van der Waals surface area contributed by atoms with Crippen molar-refractivity contribution in [3.8, 4) is 0 Å². The van der Waals surface area contributed by atoms with Gasteiger partial charge in [0.05, 0.1) is 0 Å². The number of carbonyl (C=O) groups is 2. The van der Waals surface area contributed by atoms with E-state index in [9.17, 15) is 18.4 Å². The van der Waals surface area contributed by atoms with Crippen molar-refractivity contribution in [2.24, 2.45) is 0 Å². The average molecular weight is 335 g/mol. The molecule has 1 saturated heterocycles. The van der Waals surface area contributed by atoms with E-state index in [0.29, 0.717) is 26.2 Å². The van der Waals surface area contributed by atoms with Gasteiger partial charge in [0, 0.05) is 31.7 Å². The third-order valence-electron chi connectivity index (χ3n) is 3.67. The molecule has 1 heterocycles. The molecule has 2 rings (SSSR count). The Hall–Kier alpha value is -1.73. The van der Waals surface area contributed by atoms with Gasteiger partial charge in [-0.2, -0.15) is 0 Å². The Balaban J connectivity index is 0.00000242. The predicted molar refractivity (Wildman–Crippen MR) is 78.2 cm³/mol. The van der Waals surface area contributed by atoms with Gasteiger partial charge in [-0.05, 0) is 25.1 Å². The van der Waals surface area contributed by atoms with Crippen LogP contribution < -0.4 is 0 Å². The highest BCUT2D eigenvalue weighted by atomic mass is 35.5. The molecule has 0 saturated carbocycles. The molecule has 0 aromatic heterocycles. The number of hydrogen-bond donors (Lipinski definition) is 1. The van der Waals surface area contributed by atoms with Gasteiger partial charge >= 0.3 is 5.97 Å². The monoisotopic (exact) mass is 334 g/mol. The SMILES string of the molecule is CC(C(=O)O)N1CCN(C(=O)c2ccc(F)c(F)c2)CC1.Cl.